The van der Waals surface area contributed by atoms with E-state index >= 15 is 0 Å². The van der Waals surface area contributed by atoms with Gasteiger partial charge in [0.25, 0.3) is 0 Å². The molecule has 0 atom stereocenters. The monoisotopic (exact) mass is 180 g/mol. The number of hydrogen-bond donors (Lipinski definition) is 2. The van der Waals surface area contributed by atoms with Crippen molar-refractivity contribution in [2.24, 2.45) is 0 Å². The minimum absolute atomic E-state index is 0.304. The smallest absolute Gasteiger partial charge is 0.152 e. The van der Waals surface area contributed by atoms with Crippen molar-refractivity contribution in [3.8, 4) is 5.75 Å². The summed E-state index contributed by atoms with van der Waals surface area (Å²) < 4.78 is 5.19. The van der Waals surface area contributed by atoms with E-state index in [0.29, 0.717) is 35.6 Å². The second-order valence-electron chi connectivity index (χ2n) is 2.57. The Balaban J connectivity index is 3.14. The third-order valence-electron chi connectivity index (χ3n) is 1.66. The van der Waals surface area contributed by atoms with Crippen molar-refractivity contribution in [1.29, 1.82) is 0 Å². The number of nitrogen functional groups attached to an aromatic ring is 2. The number of hydrogen-bond acceptors (Lipinski definition) is 4. The van der Waals surface area contributed by atoms with Gasteiger partial charge in [-0.2, -0.15) is 0 Å². The number of ether oxygens (including phenoxy) is 1. The van der Waals surface area contributed by atoms with Crippen LogP contribution < -0.4 is 16.2 Å². The molecule has 0 amide bonds. The molecule has 1 rings (SSSR count). The minimum atomic E-state index is 0.304. The first kappa shape index (κ1) is 9.38. The summed E-state index contributed by atoms with van der Waals surface area (Å²) >= 11 is 0. The molecule has 13 heavy (non-hydrogen) atoms. The summed E-state index contributed by atoms with van der Waals surface area (Å²) in [6.07, 6.45) is 0.661. The predicted molar refractivity (Wildman–Crippen MR) is 51.8 cm³/mol. The predicted octanol–water partition coefficient (Wildman–Crippen LogP) is 1.06. The molecule has 1 aromatic carbocycles. The molecule has 0 saturated carbocycles. The lowest BCUT2D eigenvalue weighted by Crippen LogP contribution is -2.01. The van der Waals surface area contributed by atoms with E-state index in [1.807, 2.05) is 6.92 Å². The number of aldehydes is 1. The van der Waals surface area contributed by atoms with Gasteiger partial charge in [0.15, 0.2) is 6.29 Å². The Morgan fingerprint density at radius 1 is 1.46 bits per heavy atom. The number of anilines is 2. The Bertz CT molecular complexity index is 324. The molecule has 0 unspecified atom stereocenters. The Morgan fingerprint density at radius 2 is 2.15 bits per heavy atom. The van der Waals surface area contributed by atoms with Gasteiger partial charge in [0.05, 0.1) is 18.0 Å². The fourth-order valence-electron chi connectivity index (χ4n) is 1.02. The third kappa shape index (κ3) is 1.90. The van der Waals surface area contributed by atoms with Gasteiger partial charge in [-0.1, -0.05) is 0 Å². The van der Waals surface area contributed by atoms with Crippen molar-refractivity contribution in [3.05, 3.63) is 17.7 Å². The standard InChI is InChI=1S/C9H12N2O2/c1-2-13-7-3-6(5-12)9(11)8(10)4-7/h3-5H,2,10-11H2,1H3. The lowest BCUT2D eigenvalue weighted by molar-refractivity contribution is 0.112. The lowest BCUT2D eigenvalue weighted by Gasteiger charge is -2.07. The van der Waals surface area contributed by atoms with Crippen LogP contribution >= 0.6 is 0 Å². The summed E-state index contributed by atoms with van der Waals surface area (Å²) in [6, 6.07) is 3.17. The summed E-state index contributed by atoms with van der Waals surface area (Å²) in [7, 11) is 0. The molecule has 70 valence electrons. The molecule has 0 spiro atoms. The van der Waals surface area contributed by atoms with Crippen LogP contribution in [0.2, 0.25) is 0 Å². The molecule has 4 N–H and O–H groups in total. The molecule has 4 heteroatoms. The van der Waals surface area contributed by atoms with Crippen LogP contribution in [-0.2, 0) is 0 Å². The van der Waals surface area contributed by atoms with Gasteiger partial charge in [-0.25, -0.2) is 0 Å². The molecule has 0 radical (unpaired) electrons. The first-order valence-electron chi connectivity index (χ1n) is 3.96. The average molecular weight is 180 g/mol. The molecule has 0 aliphatic carbocycles. The van der Waals surface area contributed by atoms with Crippen LogP contribution in [0.4, 0.5) is 11.4 Å². The van der Waals surface area contributed by atoms with E-state index in [1.165, 1.54) is 0 Å². The minimum Gasteiger partial charge on any atom is -0.494 e. The maximum absolute atomic E-state index is 10.5. The highest BCUT2D eigenvalue weighted by Gasteiger charge is 2.05. The van der Waals surface area contributed by atoms with Crippen LogP contribution in [0.25, 0.3) is 0 Å². The second kappa shape index (κ2) is 3.80. The van der Waals surface area contributed by atoms with E-state index in [9.17, 15) is 4.79 Å². The maximum Gasteiger partial charge on any atom is 0.152 e. The highest BCUT2D eigenvalue weighted by Crippen LogP contribution is 2.25. The summed E-state index contributed by atoms with van der Waals surface area (Å²) in [6.45, 7) is 2.38. The molecule has 0 aromatic heterocycles. The second-order valence-corrected chi connectivity index (χ2v) is 2.57. The van der Waals surface area contributed by atoms with Gasteiger partial charge >= 0.3 is 0 Å². The summed E-state index contributed by atoms with van der Waals surface area (Å²) in [4.78, 5) is 10.5. The molecule has 1 aromatic rings. The summed E-state index contributed by atoms with van der Waals surface area (Å²) in [5.41, 5.74) is 12.1. The normalized spacial score (nSPS) is 9.62. The Labute approximate surface area is 76.5 Å². The van der Waals surface area contributed by atoms with Crippen molar-refractivity contribution in [2.75, 3.05) is 18.1 Å². The van der Waals surface area contributed by atoms with Gasteiger partial charge in [-0.05, 0) is 13.0 Å². The number of carbonyl (C=O) groups is 1. The van der Waals surface area contributed by atoms with E-state index in [4.69, 9.17) is 16.2 Å². The molecule has 4 nitrogen and oxygen atoms in total. The maximum atomic E-state index is 10.5. The number of carbonyl (C=O) groups excluding carboxylic acids is 1. The molecule has 0 saturated heterocycles. The largest absolute Gasteiger partial charge is 0.494 e. The zero-order chi connectivity index (χ0) is 9.84. The van der Waals surface area contributed by atoms with E-state index in [2.05, 4.69) is 0 Å². The SMILES string of the molecule is CCOc1cc(N)c(N)c(C=O)c1. The highest BCUT2D eigenvalue weighted by molar-refractivity contribution is 5.89. The molecule has 0 bridgehead atoms. The Kier molecular flexibility index (Phi) is 2.74. The molecular formula is C9H12N2O2. The zero-order valence-electron chi connectivity index (χ0n) is 7.41. The number of nitrogens with two attached hydrogens (primary N) is 2. The van der Waals surface area contributed by atoms with Gasteiger partial charge in [0.2, 0.25) is 0 Å². The van der Waals surface area contributed by atoms with Gasteiger partial charge in [-0.3, -0.25) is 4.79 Å². The van der Waals surface area contributed by atoms with Crippen LogP contribution in [-0.4, -0.2) is 12.9 Å². The first-order valence-corrected chi connectivity index (χ1v) is 3.96. The zero-order valence-corrected chi connectivity index (χ0v) is 7.41. The van der Waals surface area contributed by atoms with Crippen molar-refractivity contribution in [1.82, 2.24) is 0 Å². The third-order valence-corrected chi connectivity index (χ3v) is 1.66. The Morgan fingerprint density at radius 3 is 2.69 bits per heavy atom. The summed E-state index contributed by atoms with van der Waals surface area (Å²) in [5.74, 6) is 0.566. The molecule has 0 aliphatic heterocycles. The van der Waals surface area contributed by atoms with Crippen LogP contribution in [0, 0.1) is 0 Å². The van der Waals surface area contributed by atoms with Crippen molar-refractivity contribution >= 4 is 17.7 Å². The van der Waals surface area contributed by atoms with Crippen LogP contribution in [0.5, 0.6) is 5.75 Å². The quantitative estimate of drug-likeness (QED) is 0.538. The van der Waals surface area contributed by atoms with Crippen LogP contribution in [0.1, 0.15) is 17.3 Å². The van der Waals surface area contributed by atoms with Crippen molar-refractivity contribution in [3.63, 3.8) is 0 Å². The van der Waals surface area contributed by atoms with Gasteiger partial charge in [0, 0.05) is 11.6 Å². The van der Waals surface area contributed by atoms with E-state index in [0.717, 1.165) is 0 Å². The van der Waals surface area contributed by atoms with Crippen molar-refractivity contribution in [2.45, 2.75) is 6.92 Å². The van der Waals surface area contributed by atoms with E-state index < -0.39 is 0 Å². The molecule has 0 aliphatic rings. The van der Waals surface area contributed by atoms with Crippen LogP contribution in [0.15, 0.2) is 12.1 Å². The lowest BCUT2D eigenvalue weighted by atomic mass is 10.1. The topological polar surface area (TPSA) is 78.3 Å². The summed E-state index contributed by atoms with van der Waals surface area (Å²) in [5, 5.41) is 0. The van der Waals surface area contributed by atoms with Gasteiger partial charge in [0.1, 0.15) is 5.75 Å². The fraction of sp³-hybridized carbons (Fsp3) is 0.222. The van der Waals surface area contributed by atoms with Crippen LogP contribution in [0.3, 0.4) is 0 Å². The average Bonchev–Trinajstić information content (AvgIpc) is 2.11. The number of rotatable bonds is 3. The van der Waals surface area contributed by atoms with E-state index in [-0.39, 0.29) is 0 Å². The van der Waals surface area contributed by atoms with Gasteiger partial charge < -0.3 is 16.2 Å². The molecular weight excluding hydrogens is 168 g/mol. The highest BCUT2D eigenvalue weighted by atomic mass is 16.5. The van der Waals surface area contributed by atoms with Crippen molar-refractivity contribution < 1.29 is 9.53 Å². The Hall–Kier alpha value is -1.71. The first-order chi connectivity index (χ1) is 6.19. The van der Waals surface area contributed by atoms with Gasteiger partial charge in [-0.15, -0.1) is 0 Å². The molecule has 0 fully saturated rings. The number of benzene rings is 1. The molecule has 0 heterocycles. The van der Waals surface area contributed by atoms with E-state index in [1.54, 1.807) is 12.1 Å². The fourth-order valence-corrected chi connectivity index (χ4v) is 1.02.